The molecule has 0 saturated heterocycles. The number of nitrogens with two attached hydrogens (primary N) is 1. The van der Waals surface area contributed by atoms with Gasteiger partial charge in [0, 0.05) is 19.0 Å². The lowest BCUT2D eigenvalue weighted by Gasteiger charge is -2.05. The Bertz CT molecular complexity index is 674. The van der Waals surface area contributed by atoms with Gasteiger partial charge in [0.15, 0.2) is 5.89 Å². The lowest BCUT2D eigenvalue weighted by molar-refractivity contribution is 0.0994. The maximum absolute atomic E-state index is 12.0. The monoisotopic (exact) mass is 288 g/mol. The maximum Gasteiger partial charge on any atom is 0.293 e. The highest BCUT2D eigenvalue weighted by molar-refractivity contribution is 6.02. The minimum atomic E-state index is -0.350. The highest BCUT2D eigenvalue weighted by Crippen LogP contribution is 2.14. The molecule has 1 amide bonds. The SMILES string of the molecule is Cc1nc(C)c(C(=O)Nc2ccc(C/C(N)=N/O)cc2)o1. The normalized spacial score (nSPS) is 11.4. The number of carbonyl (C=O) groups excluding carboxylic acids is 1. The standard InChI is InChI=1S/C14H16N4O3/c1-8-13(21-9(2)16-8)14(19)17-11-5-3-10(4-6-11)7-12(15)18-20/h3-6,20H,7H2,1-2H3,(H2,15,18)(H,17,19). The Labute approximate surface area is 121 Å². The molecule has 1 aromatic heterocycles. The molecule has 0 saturated carbocycles. The first kappa shape index (κ1) is 14.6. The Morgan fingerprint density at radius 3 is 2.57 bits per heavy atom. The van der Waals surface area contributed by atoms with Crippen molar-refractivity contribution in [2.75, 3.05) is 5.32 Å². The predicted octanol–water partition coefficient (Wildman–Crippen LogP) is 1.83. The molecule has 7 heteroatoms. The van der Waals surface area contributed by atoms with Gasteiger partial charge >= 0.3 is 0 Å². The smallest absolute Gasteiger partial charge is 0.293 e. The molecule has 0 atom stereocenters. The Morgan fingerprint density at radius 2 is 2.05 bits per heavy atom. The molecule has 2 aromatic rings. The first-order chi connectivity index (χ1) is 9.99. The zero-order valence-electron chi connectivity index (χ0n) is 11.8. The second kappa shape index (κ2) is 6.08. The number of oxazole rings is 1. The summed E-state index contributed by atoms with van der Waals surface area (Å²) in [6.45, 7) is 3.40. The number of aryl methyl sites for hydroxylation is 2. The van der Waals surface area contributed by atoms with Crippen LogP contribution in [0.15, 0.2) is 33.8 Å². The van der Waals surface area contributed by atoms with Crippen molar-refractivity contribution < 1.29 is 14.4 Å². The number of amides is 1. The highest BCUT2D eigenvalue weighted by Gasteiger charge is 2.15. The van der Waals surface area contributed by atoms with Crippen LogP contribution >= 0.6 is 0 Å². The van der Waals surface area contributed by atoms with Crippen molar-refractivity contribution in [1.29, 1.82) is 0 Å². The second-order valence-corrected chi connectivity index (χ2v) is 4.57. The Kier molecular flexibility index (Phi) is 4.22. The molecule has 0 aliphatic carbocycles. The van der Waals surface area contributed by atoms with E-state index >= 15 is 0 Å². The number of nitrogens with one attached hydrogen (secondary N) is 1. The molecule has 7 nitrogen and oxygen atoms in total. The molecule has 0 radical (unpaired) electrons. The zero-order valence-corrected chi connectivity index (χ0v) is 11.8. The number of anilines is 1. The summed E-state index contributed by atoms with van der Waals surface area (Å²) < 4.78 is 5.26. The molecule has 0 unspecified atom stereocenters. The maximum atomic E-state index is 12.0. The average molecular weight is 288 g/mol. The van der Waals surface area contributed by atoms with Crippen LogP contribution in [0, 0.1) is 13.8 Å². The topological polar surface area (TPSA) is 114 Å². The van der Waals surface area contributed by atoms with E-state index in [1.807, 2.05) is 0 Å². The number of nitrogens with zero attached hydrogens (tertiary/aromatic N) is 2. The molecule has 0 aliphatic rings. The van der Waals surface area contributed by atoms with Gasteiger partial charge in [-0.3, -0.25) is 4.79 Å². The van der Waals surface area contributed by atoms with Crippen molar-refractivity contribution >= 4 is 17.4 Å². The van der Waals surface area contributed by atoms with Crippen molar-refractivity contribution in [2.45, 2.75) is 20.3 Å². The first-order valence-corrected chi connectivity index (χ1v) is 6.30. The number of hydrogen-bond donors (Lipinski definition) is 3. The summed E-state index contributed by atoms with van der Waals surface area (Å²) in [5.41, 5.74) is 7.47. The van der Waals surface area contributed by atoms with Crippen molar-refractivity contribution in [3.05, 3.63) is 47.2 Å². The molecule has 0 aliphatic heterocycles. The van der Waals surface area contributed by atoms with Crippen LogP contribution in [0.25, 0.3) is 0 Å². The lowest BCUT2D eigenvalue weighted by Crippen LogP contribution is -2.15. The van der Waals surface area contributed by atoms with Crippen molar-refractivity contribution in [1.82, 2.24) is 4.98 Å². The number of benzene rings is 1. The van der Waals surface area contributed by atoms with Crippen LogP contribution in [0.2, 0.25) is 0 Å². The van der Waals surface area contributed by atoms with Gasteiger partial charge in [0.05, 0.1) is 5.69 Å². The van der Waals surface area contributed by atoms with E-state index in [1.165, 1.54) is 0 Å². The van der Waals surface area contributed by atoms with E-state index < -0.39 is 0 Å². The third-order valence-electron chi connectivity index (χ3n) is 2.84. The van der Waals surface area contributed by atoms with Gasteiger partial charge in [0.2, 0.25) is 5.76 Å². The van der Waals surface area contributed by atoms with Crippen LogP contribution in [0.5, 0.6) is 0 Å². The van der Waals surface area contributed by atoms with Crippen LogP contribution in [0.4, 0.5) is 5.69 Å². The molecule has 4 N–H and O–H groups in total. The van der Waals surface area contributed by atoms with Crippen molar-refractivity contribution in [2.24, 2.45) is 10.9 Å². The van der Waals surface area contributed by atoms with Gasteiger partial charge in [-0.1, -0.05) is 17.3 Å². The van der Waals surface area contributed by atoms with E-state index in [4.69, 9.17) is 15.4 Å². The van der Waals surface area contributed by atoms with Gasteiger partial charge < -0.3 is 20.7 Å². The summed E-state index contributed by atoms with van der Waals surface area (Å²) in [5, 5.41) is 14.1. The van der Waals surface area contributed by atoms with Gasteiger partial charge in [-0.2, -0.15) is 0 Å². The average Bonchev–Trinajstić information content (AvgIpc) is 2.80. The van der Waals surface area contributed by atoms with Crippen LogP contribution in [-0.4, -0.2) is 21.9 Å². The summed E-state index contributed by atoms with van der Waals surface area (Å²) >= 11 is 0. The van der Waals surface area contributed by atoms with Gasteiger partial charge in [0.25, 0.3) is 5.91 Å². The number of oxime groups is 1. The molecule has 1 aromatic carbocycles. The van der Waals surface area contributed by atoms with E-state index in [0.717, 1.165) is 5.56 Å². The molecular formula is C14H16N4O3. The molecule has 2 rings (SSSR count). The predicted molar refractivity (Wildman–Crippen MR) is 77.5 cm³/mol. The number of carbonyl (C=O) groups is 1. The van der Waals surface area contributed by atoms with Gasteiger partial charge in [-0.15, -0.1) is 0 Å². The van der Waals surface area contributed by atoms with Gasteiger partial charge in [0.1, 0.15) is 5.84 Å². The quantitative estimate of drug-likeness (QED) is 0.344. The zero-order chi connectivity index (χ0) is 15.4. The molecular weight excluding hydrogens is 272 g/mol. The van der Waals surface area contributed by atoms with Crippen LogP contribution in [0.1, 0.15) is 27.7 Å². The largest absolute Gasteiger partial charge is 0.436 e. The van der Waals surface area contributed by atoms with Crippen LogP contribution < -0.4 is 11.1 Å². The van der Waals surface area contributed by atoms with E-state index in [2.05, 4.69) is 15.5 Å². The van der Waals surface area contributed by atoms with E-state index in [0.29, 0.717) is 23.7 Å². The van der Waals surface area contributed by atoms with E-state index in [1.54, 1.807) is 38.1 Å². The molecule has 110 valence electrons. The van der Waals surface area contributed by atoms with E-state index in [9.17, 15) is 4.79 Å². The summed E-state index contributed by atoms with van der Waals surface area (Å²) in [6, 6.07) is 7.03. The lowest BCUT2D eigenvalue weighted by atomic mass is 10.1. The third-order valence-corrected chi connectivity index (χ3v) is 2.84. The fourth-order valence-corrected chi connectivity index (χ4v) is 1.88. The molecule has 0 fully saturated rings. The van der Waals surface area contributed by atoms with E-state index in [-0.39, 0.29) is 17.5 Å². The fraction of sp³-hybridized carbons (Fsp3) is 0.214. The highest BCUT2D eigenvalue weighted by atomic mass is 16.4. The molecule has 21 heavy (non-hydrogen) atoms. The summed E-state index contributed by atoms with van der Waals surface area (Å²) in [6.07, 6.45) is 0.338. The Morgan fingerprint density at radius 1 is 1.38 bits per heavy atom. The number of rotatable bonds is 4. The van der Waals surface area contributed by atoms with Gasteiger partial charge in [-0.25, -0.2) is 4.98 Å². The number of hydrogen-bond acceptors (Lipinski definition) is 5. The summed E-state index contributed by atoms with van der Waals surface area (Å²) in [7, 11) is 0. The second-order valence-electron chi connectivity index (χ2n) is 4.57. The number of aromatic nitrogens is 1. The third kappa shape index (κ3) is 3.59. The first-order valence-electron chi connectivity index (χ1n) is 6.30. The summed E-state index contributed by atoms with van der Waals surface area (Å²) in [5.74, 6) is 0.428. The van der Waals surface area contributed by atoms with Crippen molar-refractivity contribution in [3.8, 4) is 0 Å². The summed E-state index contributed by atoms with van der Waals surface area (Å²) in [4.78, 5) is 16.1. The van der Waals surface area contributed by atoms with Crippen LogP contribution in [-0.2, 0) is 6.42 Å². The molecule has 1 heterocycles. The Balaban J connectivity index is 2.06. The van der Waals surface area contributed by atoms with Gasteiger partial charge in [-0.05, 0) is 24.6 Å². The minimum Gasteiger partial charge on any atom is -0.436 e. The Hall–Kier alpha value is -2.83. The molecule has 0 spiro atoms. The van der Waals surface area contributed by atoms with Crippen LogP contribution in [0.3, 0.4) is 0 Å². The number of amidine groups is 1. The molecule has 0 bridgehead atoms. The minimum absolute atomic E-state index is 0.125. The van der Waals surface area contributed by atoms with Crippen molar-refractivity contribution in [3.63, 3.8) is 0 Å². The fourth-order valence-electron chi connectivity index (χ4n) is 1.88.